The number of hydrogen-bond donors (Lipinski definition) is 1. The first-order valence-corrected chi connectivity index (χ1v) is 7.35. The molecule has 0 aliphatic carbocycles. The van der Waals surface area contributed by atoms with Crippen LogP contribution >= 0.6 is 0 Å². The molecule has 6 nitrogen and oxygen atoms in total. The highest BCUT2D eigenvalue weighted by atomic mass is 16.1. The van der Waals surface area contributed by atoms with Crippen LogP contribution in [0.4, 0.5) is 11.5 Å². The molecular formula is C17H17N5O. The maximum absolute atomic E-state index is 11.1. The van der Waals surface area contributed by atoms with E-state index in [4.69, 9.17) is 5.73 Å². The summed E-state index contributed by atoms with van der Waals surface area (Å²) in [5, 5.41) is 8.62. The Morgan fingerprint density at radius 1 is 1.13 bits per heavy atom. The Morgan fingerprint density at radius 3 is 2.52 bits per heavy atom. The Hall–Kier alpha value is -3.02. The zero-order valence-corrected chi connectivity index (χ0v) is 13.0. The van der Waals surface area contributed by atoms with Crippen LogP contribution in [0.5, 0.6) is 0 Å². The molecule has 0 radical (unpaired) electrons. The summed E-state index contributed by atoms with van der Waals surface area (Å²) in [5.74, 6) is 0.494. The maximum atomic E-state index is 11.1. The molecule has 0 spiro atoms. The van der Waals surface area contributed by atoms with Gasteiger partial charge in [-0.25, -0.2) is 4.98 Å². The molecule has 2 aromatic heterocycles. The molecule has 3 aromatic rings. The van der Waals surface area contributed by atoms with Crippen LogP contribution in [0.2, 0.25) is 0 Å². The van der Waals surface area contributed by atoms with Crippen molar-refractivity contribution < 1.29 is 4.79 Å². The van der Waals surface area contributed by atoms with Crippen LogP contribution in [0, 0.1) is 0 Å². The molecule has 0 unspecified atom stereocenters. The Morgan fingerprint density at radius 2 is 1.87 bits per heavy atom. The molecule has 2 heterocycles. The molecule has 6 heteroatoms. The van der Waals surface area contributed by atoms with E-state index >= 15 is 0 Å². The zero-order chi connectivity index (χ0) is 16.4. The summed E-state index contributed by atoms with van der Waals surface area (Å²) in [5.41, 5.74) is 8.06. The molecule has 0 saturated carbocycles. The van der Waals surface area contributed by atoms with Gasteiger partial charge in [-0.2, -0.15) is 0 Å². The lowest BCUT2D eigenvalue weighted by atomic mass is 10.1. The average molecular weight is 307 g/mol. The minimum absolute atomic E-state index is 0.237. The number of azo groups is 1. The number of amides is 1. The van der Waals surface area contributed by atoms with E-state index in [1.807, 2.05) is 28.8 Å². The second-order valence-corrected chi connectivity index (χ2v) is 5.52. The fourth-order valence-corrected chi connectivity index (χ4v) is 2.29. The lowest BCUT2D eigenvalue weighted by Crippen LogP contribution is -2.10. The number of aromatic nitrogens is 2. The quantitative estimate of drug-likeness (QED) is 0.739. The van der Waals surface area contributed by atoms with Gasteiger partial charge in [-0.15, -0.1) is 10.2 Å². The lowest BCUT2D eigenvalue weighted by molar-refractivity contribution is 0.100. The van der Waals surface area contributed by atoms with Crippen molar-refractivity contribution in [2.45, 2.75) is 19.8 Å². The van der Waals surface area contributed by atoms with Crippen molar-refractivity contribution in [1.82, 2.24) is 9.38 Å². The Kier molecular flexibility index (Phi) is 3.89. The summed E-state index contributed by atoms with van der Waals surface area (Å²) >= 11 is 0. The third-order valence-corrected chi connectivity index (χ3v) is 3.49. The molecule has 1 amide bonds. The molecule has 0 atom stereocenters. The highest BCUT2D eigenvalue weighted by Crippen LogP contribution is 2.29. The standard InChI is InChI=1S/C17H17N5O/c1-11(2)15-17(22-10-4-3-5-14(22)19-15)21-20-13-8-6-12(7-9-13)16(18)23/h3-11H,1-2H3,(H2,18,23). The molecular weight excluding hydrogens is 290 g/mol. The summed E-state index contributed by atoms with van der Waals surface area (Å²) < 4.78 is 1.91. The summed E-state index contributed by atoms with van der Waals surface area (Å²) in [7, 11) is 0. The number of rotatable bonds is 4. The van der Waals surface area contributed by atoms with Gasteiger partial charge in [-0.3, -0.25) is 9.20 Å². The van der Waals surface area contributed by atoms with Gasteiger partial charge in [0.25, 0.3) is 0 Å². The molecule has 1 aromatic carbocycles. The number of nitrogens with zero attached hydrogens (tertiary/aromatic N) is 4. The number of imidazole rings is 1. The topological polar surface area (TPSA) is 85.1 Å². The molecule has 0 fully saturated rings. The van der Waals surface area contributed by atoms with Crippen molar-refractivity contribution in [3.05, 3.63) is 59.9 Å². The average Bonchev–Trinajstić information content (AvgIpc) is 2.92. The van der Waals surface area contributed by atoms with E-state index in [2.05, 4.69) is 29.1 Å². The molecule has 23 heavy (non-hydrogen) atoms. The van der Waals surface area contributed by atoms with Crippen LogP contribution in [-0.4, -0.2) is 15.3 Å². The van der Waals surface area contributed by atoms with Gasteiger partial charge in [0.15, 0.2) is 5.82 Å². The maximum Gasteiger partial charge on any atom is 0.248 e. The van der Waals surface area contributed by atoms with Crippen LogP contribution in [0.1, 0.15) is 35.8 Å². The Balaban J connectivity index is 2.00. The molecule has 0 aliphatic rings. The third-order valence-electron chi connectivity index (χ3n) is 3.49. The number of carbonyl (C=O) groups is 1. The van der Waals surface area contributed by atoms with E-state index in [1.165, 1.54) is 0 Å². The number of hydrogen-bond acceptors (Lipinski definition) is 4. The zero-order valence-electron chi connectivity index (χ0n) is 13.0. The largest absolute Gasteiger partial charge is 0.366 e. The fraction of sp³-hybridized carbons (Fsp3) is 0.176. The number of primary amides is 1. The fourth-order valence-electron chi connectivity index (χ4n) is 2.29. The third kappa shape index (κ3) is 2.96. The highest BCUT2D eigenvalue weighted by molar-refractivity contribution is 5.92. The second-order valence-electron chi connectivity index (χ2n) is 5.52. The molecule has 0 aliphatic heterocycles. The van der Waals surface area contributed by atoms with Crippen molar-refractivity contribution in [1.29, 1.82) is 0 Å². The molecule has 3 rings (SSSR count). The normalized spacial score (nSPS) is 11.6. The first-order valence-electron chi connectivity index (χ1n) is 7.35. The predicted molar refractivity (Wildman–Crippen MR) is 88.4 cm³/mol. The minimum Gasteiger partial charge on any atom is -0.366 e. The first-order chi connectivity index (χ1) is 11.1. The van der Waals surface area contributed by atoms with Gasteiger partial charge >= 0.3 is 0 Å². The van der Waals surface area contributed by atoms with Gasteiger partial charge in [0, 0.05) is 11.8 Å². The van der Waals surface area contributed by atoms with Crippen LogP contribution in [0.15, 0.2) is 58.9 Å². The SMILES string of the molecule is CC(C)c1nc2ccccn2c1N=Nc1ccc(C(N)=O)cc1. The number of fused-ring (bicyclic) bond motifs is 1. The van der Waals surface area contributed by atoms with E-state index in [0.717, 1.165) is 17.2 Å². The smallest absolute Gasteiger partial charge is 0.248 e. The van der Waals surface area contributed by atoms with Crippen molar-refractivity contribution in [2.75, 3.05) is 0 Å². The summed E-state index contributed by atoms with van der Waals surface area (Å²) in [6.45, 7) is 4.14. The Labute approximate surface area is 133 Å². The van der Waals surface area contributed by atoms with Crippen LogP contribution in [0.25, 0.3) is 5.65 Å². The predicted octanol–water partition coefficient (Wildman–Crippen LogP) is 3.97. The van der Waals surface area contributed by atoms with Crippen LogP contribution < -0.4 is 5.73 Å². The van der Waals surface area contributed by atoms with E-state index in [-0.39, 0.29) is 5.92 Å². The number of pyridine rings is 1. The monoisotopic (exact) mass is 307 g/mol. The number of nitrogens with two attached hydrogens (primary N) is 1. The first kappa shape index (κ1) is 14.9. The van der Waals surface area contributed by atoms with Gasteiger partial charge < -0.3 is 5.73 Å². The van der Waals surface area contributed by atoms with Gasteiger partial charge in [-0.1, -0.05) is 19.9 Å². The molecule has 0 saturated heterocycles. The van der Waals surface area contributed by atoms with Crippen molar-refractivity contribution in [2.24, 2.45) is 16.0 Å². The molecule has 116 valence electrons. The minimum atomic E-state index is -0.461. The van der Waals surface area contributed by atoms with Gasteiger partial charge in [0.05, 0.1) is 11.4 Å². The van der Waals surface area contributed by atoms with Gasteiger partial charge in [0.2, 0.25) is 5.91 Å². The second kappa shape index (κ2) is 6.00. The highest BCUT2D eigenvalue weighted by Gasteiger charge is 2.14. The number of carbonyl (C=O) groups excluding carboxylic acids is 1. The lowest BCUT2D eigenvalue weighted by Gasteiger charge is -2.01. The van der Waals surface area contributed by atoms with E-state index in [0.29, 0.717) is 11.3 Å². The molecule has 2 N–H and O–H groups in total. The summed E-state index contributed by atoms with van der Waals surface area (Å²) in [4.78, 5) is 15.7. The van der Waals surface area contributed by atoms with E-state index < -0.39 is 5.91 Å². The summed E-state index contributed by atoms with van der Waals surface area (Å²) in [6.07, 6.45) is 1.92. The van der Waals surface area contributed by atoms with Crippen LogP contribution in [-0.2, 0) is 0 Å². The van der Waals surface area contributed by atoms with E-state index in [9.17, 15) is 4.79 Å². The van der Waals surface area contributed by atoms with Gasteiger partial charge in [0.1, 0.15) is 5.65 Å². The van der Waals surface area contributed by atoms with Crippen molar-refractivity contribution >= 4 is 23.1 Å². The van der Waals surface area contributed by atoms with Crippen LogP contribution in [0.3, 0.4) is 0 Å². The summed E-state index contributed by atoms with van der Waals surface area (Å²) in [6, 6.07) is 12.5. The van der Waals surface area contributed by atoms with E-state index in [1.54, 1.807) is 24.3 Å². The Bertz CT molecular complexity index is 878. The molecule has 0 bridgehead atoms. The van der Waals surface area contributed by atoms with Crippen molar-refractivity contribution in [3.8, 4) is 0 Å². The van der Waals surface area contributed by atoms with Gasteiger partial charge in [-0.05, 0) is 42.3 Å². The number of benzene rings is 1. The van der Waals surface area contributed by atoms with Crippen molar-refractivity contribution in [3.63, 3.8) is 0 Å².